The van der Waals surface area contributed by atoms with Crippen molar-refractivity contribution in [3.8, 4) is 0 Å². The number of hydrogen-bond acceptors (Lipinski definition) is 6. The van der Waals surface area contributed by atoms with Crippen LogP contribution in [0.25, 0.3) is 11.3 Å². The molecule has 4 aliphatic rings. The van der Waals surface area contributed by atoms with E-state index in [9.17, 15) is 13.2 Å². The molecule has 0 radical (unpaired) electrons. The first-order chi connectivity index (χ1) is 15.3. The van der Waals surface area contributed by atoms with Crippen molar-refractivity contribution in [2.24, 2.45) is 7.05 Å². The first-order valence-corrected chi connectivity index (χ1v) is 13.6. The molecule has 2 unspecified atom stereocenters. The maximum absolute atomic E-state index is 13.3. The number of fused-ring (bicyclic) bond motifs is 2. The highest BCUT2D eigenvalue weighted by molar-refractivity contribution is 7.91. The number of hydrogen-bond donors (Lipinski definition) is 1. The number of piperidine rings is 1. The van der Waals surface area contributed by atoms with Crippen molar-refractivity contribution in [2.75, 3.05) is 38.2 Å². The highest BCUT2D eigenvalue weighted by Crippen LogP contribution is 2.43. The van der Waals surface area contributed by atoms with E-state index in [0.29, 0.717) is 17.2 Å². The van der Waals surface area contributed by atoms with E-state index in [0.717, 1.165) is 61.4 Å². The van der Waals surface area contributed by atoms with Gasteiger partial charge in [-0.15, -0.1) is 0 Å². The van der Waals surface area contributed by atoms with E-state index in [1.165, 1.54) is 12.7 Å². The Morgan fingerprint density at radius 3 is 2.81 bits per heavy atom. The Bertz CT molecular complexity index is 1210. The molecule has 1 fully saturated rings. The molecule has 3 aliphatic heterocycles. The van der Waals surface area contributed by atoms with Crippen molar-refractivity contribution < 1.29 is 8.42 Å². The van der Waals surface area contributed by atoms with Crippen molar-refractivity contribution in [1.82, 2.24) is 19.7 Å². The van der Waals surface area contributed by atoms with Crippen molar-refractivity contribution in [2.45, 2.75) is 38.3 Å². The molecule has 1 saturated heterocycles. The summed E-state index contributed by atoms with van der Waals surface area (Å²) < 4.78 is 26.2. The molecule has 1 N–H and O–H groups in total. The van der Waals surface area contributed by atoms with E-state index >= 15 is 0 Å². The lowest BCUT2D eigenvalue weighted by molar-refractivity contribution is 0.118. The molecule has 1 aromatic rings. The third kappa shape index (κ3) is 3.63. The van der Waals surface area contributed by atoms with Crippen LogP contribution in [0.1, 0.15) is 37.3 Å². The minimum atomic E-state index is -3.26. The van der Waals surface area contributed by atoms with Crippen LogP contribution in [0.3, 0.4) is 0 Å². The zero-order chi connectivity index (χ0) is 22.6. The standard InChI is InChI=1S/C24H32N4O3S/c1-4-27-10-5-6-18(14-27)28-13-16-12-17(15-32(3,30)31)19-8-11-26(2)24(29)22(19)23-21(16)20(28)7-9-25-23/h8,11-13,18,20,25H,4-7,9-10,14-15H2,1-3H3. The Balaban J connectivity index is 1.68. The van der Waals surface area contributed by atoms with Crippen LogP contribution in [0.2, 0.25) is 0 Å². The summed E-state index contributed by atoms with van der Waals surface area (Å²) >= 11 is 0. The van der Waals surface area contributed by atoms with Gasteiger partial charge in [0, 0.05) is 50.4 Å². The molecule has 1 aliphatic carbocycles. The van der Waals surface area contributed by atoms with Gasteiger partial charge in [0.15, 0.2) is 9.84 Å². The molecule has 0 amide bonds. The van der Waals surface area contributed by atoms with E-state index < -0.39 is 9.84 Å². The minimum Gasteiger partial charge on any atom is -0.384 e. The van der Waals surface area contributed by atoms with Gasteiger partial charge < -0.3 is 19.7 Å². The third-order valence-electron chi connectivity index (χ3n) is 7.24. The highest BCUT2D eigenvalue weighted by Gasteiger charge is 2.41. The van der Waals surface area contributed by atoms with Gasteiger partial charge in [-0.05, 0) is 61.2 Å². The summed E-state index contributed by atoms with van der Waals surface area (Å²) in [7, 11) is -1.52. The summed E-state index contributed by atoms with van der Waals surface area (Å²) in [5.41, 5.74) is 5.02. The minimum absolute atomic E-state index is 0.0806. The van der Waals surface area contributed by atoms with Gasteiger partial charge in [0.2, 0.25) is 0 Å². The number of nitrogens with one attached hydrogen (secondary N) is 1. The molecule has 7 nitrogen and oxygen atoms in total. The Labute approximate surface area is 190 Å². The lowest BCUT2D eigenvalue weighted by Crippen LogP contribution is -2.50. The smallest absolute Gasteiger partial charge is 0.260 e. The van der Waals surface area contributed by atoms with Crippen LogP contribution in [0.15, 0.2) is 40.5 Å². The second-order valence-corrected chi connectivity index (χ2v) is 11.6. The molecule has 32 heavy (non-hydrogen) atoms. The van der Waals surface area contributed by atoms with Gasteiger partial charge in [-0.2, -0.15) is 0 Å². The normalized spacial score (nSPS) is 25.5. The van der Waals surface area contributed by atoms with Gasteiger partial charge in [-0.1, -0.05) is 6.92 Å². The highest BCUT2D eigenvalue weighted by atomic mass is 32.2. The summed E-state index contributed by atoms with van der Waals surface area (Å²) in [6.45, 7) is 6.27. The van der Waals surface area contributed by atoms with Crippen molar-refractivity contribution in [3.63, 3.8) is 0 Å². The van der Waals surface area contributed by atoms with Gasteiger partial charge in [-0.25, -0.2) is 8.42 Å². The average molecular weight is 457 g/mol. The Hall–Kier alpha value is -2.32. The number of likely N-dealkylation sites (N-methyl/N-ethyl adjacent to an activating group) is 1. The topological polar surface area (TPSA) is 74.7 Å². The van der Waals surface area contributed by atoms with Crippen LogP contribution in [0.5, 0.6) is 0 Å². The molecular weight excluding hydrogens is 424 g/mol. The van der Waals surface area contributed by atoms with Crippen LogP contribution in [0, 0.1) is 0 Å². The molecule has 1 aromatic heterocycles. The Morgan fingerprint density at radius 2 is 2.06 bits per heavy atom. The zero-order valence-corrected chi connectivity index (χ0v) is 19.9. The second kappa shape index (κ2) is 7.92. The number of nitrogens with zero attached hydrogens (tertiary/aromatic N) is 3. The molecule has 5 rings (SSSR count). The van der Waals surface area contributed by atoms with Crippen LogP contribution >= 0.6 is 0 Å². The summed E-state index contributed by atoms with van der Waals surface area (Å²) in [6.07, 6.45) is 10.5. The quantitative estimate of drug-likeness (QED) is 0.742. The van der Waals surface area contributed by atoms with E-state index in [2.05, 4.69) is 28.2 Å². The molecule has 4 heterocycles. The first-order valence-electron chi connectivity index (χ1n) is 11.6. The van der Waals surface area contributed by atoms with E-state index in [-0.39, 0.29) is 17.4 Å². The number of rotatable bonds is 4. The maximum atomic E-state index is 13.3. The summed E-state index contributed by atoms with van der Waals surface area (Å²) in [4.78, 5) is 18.3. The Kier molecular flexibility index (Phi) is 5.33. The van der Waals surface area contributed by atoms with Crippen LogP contribution < -0.4 is 10.9 Å². The van der Waals surface area contributed by atoms with Crippen molar-refractivity contribution >= 4 is 21.1 Å². The largest absolute Gasteiger partial charge is 0.384 e. The first kappa shape index (κ1) is 21.5. The van der Waals surface area contributed by atoms with Gasteiger partial charge in [0.05, 0.1) is 23.1 Å². The molecular formula is C24H32N4O3S. The Morgan fingerprint density at radius 1 is 1.25 bits per heavy atom. The van der Waals surface area contributed by atoms with Gasteiger partial charge >= 0.3 is 0 Å². The SMILES string of the molecule is CCN1CCCC(N2C=C3C=C(CS(C)(=O)=O)c4ccn(C)c(=O)c4C4=C3C2CCN4)C1. The van der Waals surface area contributed by atoms with Crippen LogP contribution in [-0.4, -0.2) is 73.1 Å². The number of sulfone groups is 1. The van der Waals surface area contributed by atoms with Crippen LogP contribution in [0.4, 0.5) is 0 Å². The number of likely N-dealkylation sites (tertiary alicyclic amines) is 1. The molecule has 2 atom stereocenters. The number of aromatic nitrogens is 1. The molecule has 172 valence electrons. The summed E-state index contributed by atoms with van der Waals surface area (Å²) in [5, 5.41) is 3.52. The van der Waals surface area contributed by atoms with E-state index in [1.807, 2.05) is 12.1 Å². The fourth-order valence-electron chi connectivity index (χ4n) is 5.76. The number of pyridine rings is 1. The second-order valence-electron chi connectivity index (χ2n) is 9.50. The average Bonchev–Trinajstić information content (AvgIpc) is 3.06. The lowest BCUT2D eigenvalue weighted by atomic mass is 9.91. The fourth-order valence-corrected chi connectivity index (χ4v) is 6.56. The van der Waals surface area contributed by atoms with Crippen molar-refractivity contribution in [3.05, 3.63) is 57.2 Å². The zero-order valence-electron chi connectivity index (χ0n) is 19.1. The monoisotopic (exact) mass is 456 g/mol. The van der Waals surface area contributed by atoms with E-state index in [1.54, 1.807) is 17.8 Å². The summed E-state index contributed by atoms with van der Waals surface area (Å²) in [5.74, 6) is -0.0806. The predicted molar refractivity (Wildman–Crippen MR) is 128 cm³/mol. The maximum Gasteiger partial charge on any atom is 0.260 e. The summed E-state index contributed by atoms with van der Waals surface area (Å²) in [6, 6.07) is 2.53. The van der Waals surface area contributed by atoms with Crippen LogP contribution in [-0.2, 0) is 16.9 Å². The molecule has 8 heteroatoms. The van der Waals surface area contributed by atoms with E-state index in [4.69, 9.17) is 0 Å². The molecule has 0 spiro atoms. The van der Waals surface area contributed by atoms with Gasteiger partial charge in [-0.3, -0.25) is 4.79 Å². The predicted octanol–water partition coefficient (Wildman–Crippen LogP) is 1.58. The van der Waals surface area contributed by atoms with Crippen molar-refractivity contribution in [1.29, 1.82) is 0 Å². The number of allylic oxidation sites excluding steroid dienone is 1. The van der Waals surface area contributed by atoms with Gasteiger partial charge in [0.1, 0.15) is 0 Å². The van der Waals surface area contributed by atoms with Gasteiger partial charge in [0.25, 0.3) is 5.56 Å². The number of aryl methyl sites for hydroxylation is 1. The lowest BCUT2D eigenvalue weighted by Gasteiger charge is -2.42. The molecule has 0 aromatic carbocycles. The molecule has 0 saturated carbocycles. The molecule has 0 bridgehead atoms. The third-order valence-corrected chi connectivity index (χ3v) is 8.08. The fraction of sp³-hybridized carbons (Fsp3) is 0.542.